The third-order valence-electron chi connectivity index (χ3n) is 4.04. The van der Waals surface area contributed by atoms with E-state index in [1.807, 2.05) is 31.2 Å². The number of nitrogens with zero attached hydrogens (tertiary/aromatic N) is 2. The van der Waals surface area contributed by atoms with E-state index in [9.17, 15) is 10.1 Å². The van der Waals surface area contributed by atoms with Crippen molar-refractivity contribution in [2.75, 3.05) is 27.3 Å². The minimum absolute atomic E-state index is 0. The molecule has 8 nitrogen and oxygen atoms in total. The summed E-state index contributed by atoms with van der Waals surface area (Å²) in [6.45, 7) is 3.74. The van der Waals surface area contributed by atoms with E-state index in [0.717, 1.165) is 24.1 Å². The molecule has 158 valence electrons. The summed E-state index contributed by atoms with van der Waals surface area (Å²) in [5, 5.41) is 17.3. The van der Waals surface area contributed by atoms with Crippen LogP contribution in [-0.4, -0.2) is 38.2 Å². The molecule has 0 spiro atoms. The van der Waals surface area contributed by atoms with Crippen molar-refractivity contribution in [1.29, 1.82) is 0 Å². The predicted molar refractivity (Wildman–Crippen MR) is 125 cm³/mol. The highest BCUT2D eigenvalue weighted by Crippen LogP contribution is 2.27. The fourth-order valence-corrected chi connectivity index (χ4v) is 2.64. The van der Waals surface area contributed by atoms with Crippen LogP contribution in [0.5, 0.6) is 11.5 Å². The molecule has 0 aliphatic carbocycles. The molecule has 0 atom stereocenters. The fourth-order valence-electron chi connectivity index (χ4n) is 2.64. The number of hydrogen-bond donors (Lipinski definition) is 2. The van der Waals surface area contributed by atoms with Crippen molar-refractivity contribution >= 4 is 35.6 Å². The van der Waals surface area contributed by atoms with Gasteiger partial charge in [0, 0.05) is 25.2 Å². The van der Waals surface area contributed by atoms with Gasteiger partial charge in [-0.1, -0.05) is 18.2 Å². The van der Waals surface area contributed by atoms with E-state index in [-0.39, 0.29) is 29.7 Å². The van der Waals surface area contributed by atoms with Crippen molar-refractivity contribution in [2.45, 2.75) is 19.9 Å². The number of halogens is 1. The average Bonchev–Trinajstić information content (AvgIpc) is 2.72. The molecule has 0 fully saturated rings. The average molecular weight is 514 g/mol. The van der Waals surface area contributed by atoms with Gasteiger partial charge in [0.25, 0.3) is 5.69 Å². The first-order valence-electron chi connectivity index (χ1n) is 9.03. The molecular formula is C20H27IN4O4. The number of nitro groups is 1. The summed E-state index contributed by atoms with van der Waals surface area (Å²) in [5.74, 6) is 2.06. The van der Waals surface area contributed by atoms with Crippen LogP contribution in [-0.2, 0) is 13.0 Å². The maximum atomic E-state index is 10.9. The van der Waals surface area contributed by atoms with E-state index in [4.69, 9.17) is 9.47 Å². The lowest BCUT2D eigenvalue weighted by molar-refractivity contribution is -0.384. The fraction of sp³-hybridized carbons (Fsp3) is 0.350. The molecule has 2 rings (SSSR count). The molecule has 2 aromatic carbocycles. The minimum Gasteiger partial charge on any atom is -0.493 e. The van der Waals surface area contributed by atoms with Crippen LogP contribution < -0.4 is 20.1 Å². The monoisotopic (exact) mass is 514 g/mol. The zero-order valence-electron chi connectivity index (χ0n) is 16.8. The van der Waals surface area contributed by atoms with Gasteiger partial charge in [-0.05, 0) is 36.6 Å². The number of ether oxygens (including phenoxy) is 2. The molecule has 29 heavy (non-hydrogen) atoms. The maximum Gasteiger partial charge on any atom is 0.269 e. The van der Waals surface area contributed by atoms with Gasteiger partial charge in [0.2, 0.25) is 0 Å². The predicted octanol–water partition coefficient (Wildman–Crippen LogP) is 3.53. The van der Waals surface area contributed by atoms with Crippen LogP contribution in [0.3, 0.4) is 0 Å². The third kappa shape index (κ3) is 7.76. The Hall–Kier alpha value is -2.56. The number of nitro benzene ring substituents is 1. The Morgan fingerprint density at radius 1 is 1.07 bits per heavy atom. The van der Waals surface area contributed by atoms with Crippen molar-refractivity contribution in [3.05, 3.63) is 63.7 Å². The first-order chi connectivity index (χ1) is 13.6. The summed E-state index contributed by atoms with van der Waals surface area (Å²) in [6.07, 6.45) is 0.779. The van der Waals surface area contributed by atoms with Crippen LogP contribution in [0.15, 0.2) is 47.5 Å². The number of methoxy groups -OCH3 is 2. The number of nitrogens with one attached hydrogen (secondary N) is 2. The van der Waals surface area contributed by atoms with Gasteiger partial charge in [0.15, 0.2) is 17.5 Å². The van der Waals surface area contributed by atoms with E-state index in [0.29, 0.717) is 30.5 Å². The van der Waals surface area contributed by atoms with E-state index in [1.54, 1.807) is 20.3 Å². The largest absolute Gasteiger partial charge is 0.493 e. The van der Waals surface area contributed by atoms with Crippen LogP contribution >= 0.6 is 24.0 Å². The van der Waals surface area contributed by atoms with E-state index < -0.39 is 4.92 Å². The van der Waals surface area contributed by atoms with Crippen molar-refractivity contribution in [2.24, 2.45) is 4.99 Å². The second kappa shape index (κ2) is 12.8. The molecule has 0 saturated heterocycles. The number of benzene rings is 2. The van der Waals surface area contributed by atoms with Gasteiger partial charge in [-0.25, -0.2) is 4.99 Å². The lowest BCUT2D eigenvalue weighted by Gasteiger charge is -2.12. The van der Waals surface area contributed by atoms with Gasteiger partial charge in [-0.15, -0.1) is 24.0 Å². The van der Waals surface area contributed by atoms with E-state index >= 15 is 0 Å². The number of aliphatic imine (C=N–C) groups is 1. The van der Waals surface area contributed by atoms with E-state index in [2.05, 4.69) is 15.6 Å². The molecule has 0 saturated carbocycles. The molecule has 0 unspecified atom stereocenters. The van der Waals surface area contributed by atoms with Crippen LogP contribution in [0, 0.1) is 10.1 Å². The molecule has 2 aromatic rings. The summed E-state index contributed by atoms with van der Waals surface area (Å²) in [4.78, 5) is 15.0. The smallest absolute Gasteiger partial charge is 0.269 e. The van der Waals surface area contributed by atoms with Crippen LogP contribution in [0.25, 0.3) is 0 Å². The molecule has 0 bridgehead atoms. The minimum atomic E-state index is -0.403. The van der Waals surface area contributed by atoms with E-state index in [1.165, 1.54) is 12.1 Å². The Labute approximate surface area is 187 Å². The van der Waals surface area contributed by atoms with Gasteiger partial charge in [0.05, 0.1) is 25.7 Å². The second-order valence-corrected chi connectivity index (χ2v) is 5.99. The number of non-ortho nitro benzene ring substituents is 1. The van der Waals surface area contributed by atoms with Gasteiger partial charge in [-0.2, -0.15) is 0 Å². The van der Waals surface area contributed by atoms with Gasteiger partial charge < -0.3 is 20.1 Å². The third-order valence-corrected chi connectivity index (χ3v) is 4.04. The summed E-state index contributed by atoms with van der Waals surface area (Å²) >= 11 is 0. The highest BCUT2D eigenvalue weighted by Gasteiger charge is 2.07. The summed E-state index contributed by atoms with van der Waals surface area (Å²) in [7, 11) is 3.23. The molecule has 9 heteroatoms. The standard InChI is InChI=1S/C20H26N4O4.HI/c1-4-21-20(23-14-16-6-5-7-17(12-16)24(25)26)22-11-10-15-8-9-18(27-2)19(13-15)28-3;/h5-9,12-13H,4,10-11,14H2,1-3H3,(H2,21,22,23);1H. The van der Waals surface area contributed by atoms with Crippen molar-refractivity contribution in [3.63, 3.8) is 0 Å². The number of rotatable bonds is 9. The molecule has 0 radical (unpaired) electrons. The molecular weight excluding hydrogens is 487 g/mol. The normalized spacial score (nSPS) is 10.7. The molecule has 0 aliphatic heterocycles. The summed E-state index contributed by atoms with van der Waals surface area (Å²) in [5.41, 5.74) is 1.96. The Morgan fingerprint density at radius 2 is 1.83 bits per heavy atom. The molecule has 0 aromatic heterocycles. The zero-order chi connectivity index (χ0) is 20.4. The Bertz CT molecular complexity index is 830. The second-order valence-electron chi connectivity index (χ2n) is 5.99. The quantitative estimate of drug-likeness (QED) is 0.175. The highest BCUT2D eigenvalue weighted by molar-refractivity contribution is 14.0. The maximum absolute atomic E-state index is 10.9. The van der Waals surface area contributed by atoms with Gasteiger partial charge in [0.1, 0.15) is 0 Å². The SMILES string of the molecule is CCNC(=NCc1cccc([N+](=O)[O-])c1)NCCc1ccc(OC)c(OC)c1.I. The Balaban J connectivity index is 0.00000420. The highest BCUT2D eigenvalue weighted by atomic mass is 127. The molecule has 2 N–H and O–H groups in total. The van der Waals surface area contributed by atoms with Crippen molar-refractivity contribution in [1.82, 2.24) is 10.6 Å². The van der Waals surface area contributed by atoms with Crippen LogP contribution in [0.4, 0.5) is 5.69 Å². The number of hydrogen-bond acceptors (Lipinski definition) is 5. The molecule has 0 amide bonds. The number of guanidine groups is 1. The first kappa shape index (κ1) is 24.5. The zero-order valence-corrected chi connectivity index (χ0v) is 19.1. The van der Waals surface area contributed by atoms with Gasteiger partial charge >= 0.3 is 0 Å². The Kier molecular flexibility index (Phi) is 10.8. The first-order valence-corrected chi connectivity index (χ1v) is 9.03. The summed E-state index contributed by atoms with van der Waals surface area (Å²) in [6, 6.07) is 12.3. The van der Waals surface area contributed by atoms with Crippen LogP contribution in [0.2, 0.25) is 0 Å². The van der Waals surface area contributed by atoms with Crippen LogP contribution in [0.1, 0.15) is 18.1 Å². The summed E-state index contributed by atoms with van der Waals surface area (Å²) < 4.78 is 10.6. The lowest BCUT2D eigenvalue weighted by atomic mass is 10.1. The molecule has 0 aliphatic rings. The van der Waals surface area contributed by atoms with Gasteiger partial charge in [-0.3, -0.25) is 10.1 Å². The lowest BCUT2D eigenvalue weighted by Crippen LogP contribution is -2.38. The van der Waals surface area contributed by atoms with Crippen molar-refractivity contribution < 1.29 is 14.4 Å². The Morgan fingerprint density at radius 3 is 2.48 bits per heavy atom. The topological polar surface area (TPSA) is 98.0 Å². The molecule has 0 heterocycles. The van der Waals surface area contributed by atoms with Crippen molar-refractivity contribution in [3.8, 4) is 11.5 Å².